The summed E-state index contributed by atoms with van der Waals surface area (Å²) in [6.45, 7) is 3.32. The molecule has 7 nitrogen and oxygen atoms in total. The van der Waals surface area contributed by atoms with Crippen LogP contribution in [0.5, 0.6) is 0 Å². The highest BCUT2D eigenvalue weighted by Gasteiger charge is 2.25. The van der Waals surface area contributed by atoms with Gasteiger partial charge in [-0.15, -0.1) is 10.2 Å². The van der Waals surface area contributed by atoms with E-state index < -0.39 is 17.8 Å². The fourth-order valence-corrected chi connectivity index (χ4v) is 1.78. The van der Waals surface area contributed by atoms with Gasteiger partial charge in [-0.1, -0.05) is 19.9 Å². The maximum absolute atomic E-state index is 11.9. The zero-order valence-electron chi connectivity index (χ0n) is 11.3. The van der Waals surface area contributed by atoms with Crippen molar-refractivity contribution in [1.82, 2.24) is 19.9 Å². The van der Waals surface area contributed by atoms with Crippen molar-refractivity contribution >= 4 is 17.5 Å². The molecule has 2 atom stereocenters. The molecular weight excluding hydrogens is 260 g/mol. The third kappa shape index (κ3) is 2.76. The molecule has 0 bridgehead atoms. The van der Waals surface area contributed by atoms with Gasteiger partial charge in [0.2, 0.25) is 5.91 Å². The van der Waals surface area contributed by atoms with E-state index in [0.717, 1.165) is 0 Å². The molecule has 1 amide bonds. The molecule has 2 unspecified atom stereocenters. The lowest BCUT2D eigenvalue weighted by Crippen LogP contribution is -2.35. The number of amides is 1. The first-order valence-corrected chi connectivity index (χ1v) is 6.30. The molecule has 20 heavy (non-hydrogen) atoms. The van der Waals surface area contributed by atoms with Gasteiger partial charge in [0.25, 0.3) is 0 Å². The molecule has 0 fully saturated rings. The van der Waals surface area contributed by atoms with Crippen LogP contribution in [-0.2, 0) is 16.1 Å². The molecule has 2 rings (SSSR count). The molecule has 0 radical (unpaired) electrons. The molecule has 2 N–H and O–H groups in total. The van der Waals surface area contributed by atoms with Gasteiger partial charge in [-0.3, -0.25) is 14.0 Å². The van der Waals surface area contributed by atoms with Crippen molar-refractivity contribution in [1.29, 1.82) is 0 Å². The number of carbonyl (C=O) groups is 2. The van der Waals surface area contributed by atoms with Gasteiger partial charge in [0.15, 0.2) is 11.5 Å². The van der Waals surface area contributed by atoms with Gasteiger partial charge in [-0.25, -0.2) is 0 Å². The number of rotatable bonds is 5. The number of hydrogen-bond acceptors (Lipinski definition) is 4. The van der Waals surface area contributed by atoms with Crippen LogP contribution in [0.3, 0.4) is 0 Å². The van der Waals surface area contributed by atoms with E-state index in [1.807, 2.05) is 18.2 Å². The van der Waals surface area contributed by atoms with Crippen LogP contribution in [0, 0.1) is 11.8 Å². The van der Waals surface area contributed by atoms with E-state index in [0.29, 0.717) is 11.5 Å². The summed E-state index contributed by atoms with van der Waals surface area (Å²) in [6, 6.07) is 5.51. The first kappa shape index (κ1) is 14.0. The molecule has 0 saturated carbocycles. The van der Waals surface area contributed by atoms with Gasteiger partial charge in [-0.05, 0) is 12.1 Å². The largest absolute Gasteiger partial charge is 0.481 e. The summed E-state index contributed by atoms with van der Waals surface area (Å²) in [5.74, 6) is -2.03. The topological polar surface area (TPSA) is 96.6 Å². The summed E-state index contributed by atoms with van der Waals surface area (Å²) < 4.78 is 1.77. The predicted molar refractivity (Wildman–Crippen MR) is 70.8 cm³/mol. The smallest absolute Gasteiger partial charge is 0.307 e. The second kappa shape index (κ2) is 5.68. The van der Waals surface area contributed by atoms with Crippen LogP contribution in [0.2, 0.25) is 0 Å². The summed E-state index contributed by atoms with van der Waals surface area (Å²) in [5.41, 5.74) is 0.698. The molecule has 0 aromatic carbocycles. The normalized spacial score (nSPS) is 13.9. The van der Waals surface area contributed by atoms with Gasteiger partial charge in [0.05, 0.1) is 12.5 Å². The Hall–Kier alpha value is -2.44. The molecule has 2 aromatic heterocycles. The molecule has 7 heteroatoms. The lowest BCUT2D eigenvalue weighted by Gasteiger charge is -2.15. The molecule has 2 heterocycles. The Morgan fingerprint density at radius 2 is 2.05 bits per heavy atom. The minimum Gasteiger partial charge on any atom is -0.481 e. The maximum Gasteiger partial charge on any atom is 0.307 e. The number of fused-ring (bicyclic) bond motifs is 1. The third-order valence-electron chi connectivity index (χ3n) is 3.36. The maximum atomic E-state index is 11.9. The second-order valence-corrected chi connectivity index (χ2v) is 4.68. The molecule has 2 aromatic rings. The molecule has 0 aliphatic heterocycles. The second-order valence-electron chi connectivity index (χ2n) is 4.68. The zero-order chi connectivity index (χ0) is 14.7. The van der Waals surface area contributed by atoms with Gasteiger partial charge in [0, 0.05) is 12.1 Å². The number of hydrogen-bond donors (Lipinski definition) is 2. The first-order valence-electron chi connectivity index (χ1n) is 6.30. The van der Waals surface area contributed by atoms with Crippen molar-refractivity contribution in [2.75, 3.05) is 0 Å². The number of carboxylic acid groups (broad SMARTS) is 1. The van der Waals surface area contributed by atoms with Crippen LogP contribution in [0.4, 0.5) is 0 Å². The van der Waals surface area contributed by atoms with E-state index in [1.165, 1.54) is 6.92 Å². The number of carboxylic acids is 1. The highest BCUT2D eigenvalue weighted by atomic mass is 16.4. The van der Waals surface area contributed by atoms with Gasteiger partial charge < -0.3 is 10.4 Å². The van der Waals surface area contributed by atoms with Crippen LogP contribution in [0.25, 0.3) is 5.65 Å². The SMILES string of the molecule is CC(C(=O)O)C(C)C(=O)NCc1nnc2ccccn12. The number of pyridine rings is 1. The lowest BCUT2D eigenvalue weighted by atomic mass is 9.95. The Morgan fingerprint density at radius 1 is 1.30 bits per heavy atom. The van der Waals surface area contributed by atoms with Crippen molar-refractivity contribution < 1.29 is 14.7 Å². The average Bonchev–Trinajstić information content (AvgIpc) is 2.86. The number of nitrogens with one attached hydrogen (secondary N) is 1. The van der Waals surface area contributed by atoms with Gasteiger partial charge in [-0.2, -0.15) is 0 Å². The Morgan fingerprint density at radius 3 is 2.75 bits per heavy atom. The summed E-state index contributed by atoms with van der Waals surface area (Å²) in [5, 5.41) is 19.5. The molecule has 0 saturated heterocycles. The van der Waals surface area contributed by atoms with Crippen LogP contribution in [0.15, 0.2) is 24.4 Å². The van der Waals surface area contributed by atoms with Gasteiger partial charge in [0.1, 0.15) is 0 Å². The van der Waals surface area contributed by atoms with E-state index in [1.54, 1.807) is 17.5 Å². The van der Waals surface area contributed by atoms with Crippen molar-refractivity contribution in [3.8, 4) is 0 Å². The van der Waals surface area contributed by atoms with Crippen LogP contribution in [0.1, 0.15) is 19.7 Å². The predicted octanol–water partition coefficient (Wildman–Crippen LogP) is 0.702. The Kier molecular flexibility index (Phi) is 3.97. The van der Waals surface area contributed by atoms with Crippen molar-refractivity contribution in [2.24, 2.45) is 11.8 Å². The summed E-state index contributed by atoms with van der Waals surface area (Å²) in [7, 11) is 0. The van der Waals surface area contributed by atoms with Crippen molar-refractivity contribution in [3.05, 3.63) is 30.2 Å². The molecule has 0 spiro atoms. The molecular formula is C13H16N4O3. The van der Waals surface area contributed by atoms with E-state index in [4.69, 9.17) is 5.11 Å². The van der Waals surface area contributed by atoms with E-state index in [9.17, 15) is 9.59 Å². The van der Waals surface area contributed by atoms with Crippen LogP contribution >= 0.6 is 0 Å². The minimum atomic E-state index is -0.986. The zero-order valence-corrected chi connectivity index (χ0v) is 11.3. The Bertz CT molecular complexity index is 637. The Labute approximate surface area is 115 Å². The van der Waals surface area contributed by atoms with Crippen LogP contribution < -0.4 is 5.32 Å². The minimum absolute atomic E-state index is 0.209. The monoisotopic (exact) mass is 276 g/mol. The Balaban J connectivity index is 2.02. The quantitative estimate of drug-likeness (QED) is 0.838. The fourth-order valence-electron chi connectivity index (χ4n) is 1.78. The first-order chi connectivity index (χ1) is 9.50. The number of aromatic nitrogens is 3. The van der Waals surface area contributed by atoms with E-state index in [2.05, 4.69) is 15.5 Å². The fraction of sp³-hybridized carbons (Fsp3) is 0.385. The lowest BCUT2D eigenvalue weighted by molar-refractivity contribution is -0.146. The number of nitrogens with zero attached hydrogens (tertiary/aromatic N) is 3. The number of carbonyl (C=O) groups excluding carboxylic acids is 1. The molecule has 106 valence electrons. The standard InChI is InChI=1S/C13H16N4O3/c1-8(9(2)13(19)20)12(18)14-7-11-16-15-10-5-3-4-6-17(10)11/h3-6,8-9H,7H2,1-2H3,(H,14,18)(H,19,20). The third-order valence-corrected chi connectivity index (χ3v) is 3.36. The van der Waals surface area contributed by atoms with Gasteiger partial charge >= 0.3 is 5.97 Å². The van der Waals surface area contributed by atoms with E-state index in [-0.39, 0.29) is 12.5 Å². The summed E-state index contributed by atoms with van der Waals surface area (Å²) in [6.07, 6.45) is 1.81. The number of aliphatic carboxylic acids is 1. The van der Waals surface area contributed by atoms with Crippen molar-refractivity contribution in [3.63, 3.8) is 0 Å². The molecule has 0 aliphatic rings. The molecule has 0 aliphatic carbocycles. The summed E-state index contributed by atoms with van der Waals surface area (Å²) >= 11 is 0. The average molecular weight is 276 g/mol. The highest BCUT2D eigenvalue weighted by Crippen LogP contribution is 2.11. The summed E-state index contributed by atoms with van der Waals surface area (Å²) in [4.78, 5) is 22.7. The highest BCUT2D eigenvalue weighted by molar-refractivity contribution is 5.84. The van der Waals surface area contributed by atoms with Crippen molar-refractivity contribution in [2.45, 2.75) is 20.4 Å². The van der Waals surface area contributed by atoms with Crippen LogP contribution in [-0.4, -0.2) is 31.6 Å². The van der Waals surface area contributed by atoms with E-state index >= 15 is 0 Å².